The van der Waals surface area contributed by atoms with Crippen LogP contribution in [0.3, 0.4) is 0 Å². The number of aromatic amines is 1. The molecule has 0 spiro atoms. The molecule has 0 bridgehead atoms. The van der Waals surface area contributed by atoms with Crippen molar-refractivity contribution in [2.24, 2.45) is 5.41 Å². The molecule has 0 saturated carbocycles. The topological polar surface area (TPSA) is 71.0 Å². The van der Waals surface area contributed by atoms with E-state index in [2.05, 4.69) is 15.2 Å². The van der Waals surface area contributed by atoms with Gasteiger partial charge >= 0.3 is 0 Å². The predicted molar refractivity (Wildman–Crippen MR) is 76.8 cm³/mol. The Labute approximate surface area is 123 Å². The summed E-state index contributed by atoms with van der Waals surface area (Å²) in [5, 5.41) is 17.5. The van der Waals surface area contributed by atoms with E-state index in [4.69, 9.17) is 16.3 Å². The van der Waals surface area contributed by atoms with Gasteiger partial charge in [-0.05, 0) is 24.3 Å². The molecule has 1 aromatic heterocycles. The van der Waals surface area contributed by atoms with Crippen LogP contribution in [0.25, 0.3) is 0 Å². The third kappa shape index (κ3) is 3.95. The van der Waals surface area contributed by atoms with Crippen LogP contribution < -0.4 is 4.74 Å². The number of H-pyrrole nitrogens is 1. The summed E-state index contributed by atoms with van der Waals surface area (Å²) in [7, 11) is 0. The van der Waals surface area contributed by atoms with E-state index in [0.717, 1.165) is 5.82 Å². The molecular formula is C14H18ClN3O2. The molecule has 1 atom stereocenters. The lowest BCUT2D eigenvalue weighted by atomic mass is 9.83. The molecule has 5 nitrogen and oxygen atoms in total. The average molecular weight is 296 g/mol. The third-order valence-electron chi connectivity index (χ3n) is 3.21. The van der Waals surface area contributed by atoms with Gasteiger partial charge in [-0.1, -0.05) is 25.4 Å². The second-order valence-electron chi connectivity index (χ2n) is 5.38. The van der Waals surface area contributed by atoms with Crippen molar-refractivity contribution in [3.8, 4) is 5.75 Å². The second kappa shape index (κ2) is 6.24. The number of rotatable bonds is 6. The van der Waals surface area contributed by atoms with E-state index in [1.807, 2.05) is 13.8 Å². The van der Waals surface area contributed by atoms with E-state index < -0.39 is 6.10 Å². The highest BCUT2D eigenvalue weighted by molar-refractivity contribution is 6.30. The van der Waals surface area contributed by atoms with Crippen LogP contribution in [0.4, 0.5) is 0 Å². The summed E-state index contributed by atoms with van der Waals surface area (Å²) in [5.41, 5.74) is -0.369. The Morgan fingerprint density at radius 3 is 2.65 bits per heavy atom. The van der Waals surface area contributed by atoms with E-state index >= 15 is 0 Å². The van der Waals surface area contributed by atoms with E-state index in [1.54, 1.807) is 24.3 Å². The maximum absolute atomic E-state index is 10.3. The summed E-state index contributed by atoms with van der Waals surface area (Å²) in [6.45, 7) is 4.14. The molecule has 0 aliphatic rings. The molecule has 1 unspecified atom stereocenters. The smallest absolute Gasteiger partial charge is 0.137 e. The molecule has 0 saturated heterocycles. The van der Waals surface area contributed by atoms with Crippen LogP contribution in [0.5, 0.6) is 5.75 Å². The lowest BCUT2D eigenvalue weighted by Gasteiger charge is -2.29. The molecule has 0 aliphatic heterocycles. The number of hydrogen-bond donors (Lipinski definition) is 2. The van der Waals surface area contributed by atoms with Crippen molar-refractivity contribution in [3.05, 3.63) is 41.4 Å². The molecular weight excluding hydrogens is 278 g/mol. The number of aliphatic hydroxyl groups excluding tert-OH is 1. The van der Waals surface area contributed by atoms with Gasteiger partial charge in [0, 0.05) is 16.9 Å². The minimum Gasteiger partial charge on any atom is -0.491 e. The Balaban J connectivity index is 1.89. The molecule has 6 heteroatoms. The lowest BCUT2D eigenvalue weighted by Crippen LogP contribution is -2.36. The Hall–Kier alpha value is -1.59. The summed E-state index contributed by atoms with van der Waals surface area (Å²) in [6, 6.07) is 7.06. The maximum Gasteiger partial charge on any atom is 0.137 e. The Kier molecular flexibility index (Phi) is 4.62. The van der Waals surface area contributed by atoms with Gasteiger partial charge in [-0.25, -0.2) is 4.98 Å². The predicted octanol–water partition coefficient (Wildman–Crippen LogP) is 2.47. The number of nitrogens with zero attached hydrogens (tertiary/aromatic N) is 2. The fourth-order valence-electron chi connectivity index (χ4n) is 1.80. The highest BCUT2D eigenvalue weighted by Gasteiger charge is 2.29. The van der Waals surface area contributed by atoms with Crippen LogP contribution in [0, 0.1) is 5.41 Å². The fraction of sp³-hybridized carbons (Fsp3) is 0.429. The first-order valence-corrected chi connectivity index (χ1v) is 6.76. The van der Waals surface area contributed by atoms with Crippen molar-refractivity contribution >= 4 is 11.6 Å². The first kappa shape index (κ1) is 14.8. The Bertz CT molecular complexity index is 526. The van der Waals surface area contributed by atoms with Gasteiger partial charge < -0.3 is 9.84 Å². The van der Waals surface area contributed by atoms with Crippen molar-refractivity contribution in [1.82, 2.24) is 15.2 Å². The number of aromatic nitrogens is 3. The van der Waals surface area contributed by atoms with Crippen LogP contribution in [-0.4, -0.2) is 33.0 Å². The van der Waals surface area contributed by atoms with Crippen molar-refractivity contribution < 1.29 is 9.84 Å². The number of aliphatic hydroxyl groups is 1. The summed E-state index contributed by atoms with van der Waals surface area (Å²) >= 11 is 5.81. The van der Waals surface area contributed by atoms with E-state index in [-0.39, 0.29) is 12.0 Å². The molecule has 1 aromatic carbocycles. The van der Waals surface area contributed by atoms with Gasteiger partial charge in [-0.3, -0.25) is 5.10 Å². The van der Waals surface area contributed by atoms with Crippen LogP contribution in [0.1, 0.15) is 19.7 Å². The maximum atomic E-state index is 10.3. The Morgan fingerprint density at radius 1 is 1.35 bits per heavy atom. The minimum atomic E-state index is -0.622. The van der Waals surface area contributed by atoms with Gasteiger partial charge in [0.05, 0.1) is 6.10 Å². The van der Waals surface area contributed by atoms with Gasteiger partial charge in [0.25, 0.3) is 0 Å². The van der Waals surface area contributed by atoms with Crippen molar-refractivity contribution in [2.75, 3.05) is 6.61 Å². The number of nitrogens with one attached hydrogen (secondary N) is 1. The van der Waals surface area contributed by atoms with E-state index in [0.29, 0.717) is 17.2 Å². The van der Waals surface area contributed by atoms with Crippen LogP contribution >= 0.6 is 11.6 Å². The SMILES string of the molecule is CC(C)(Cc1ncn[nH]1)C(O)COc1ccc(Cl)cc1. The van der Waals surface area contributed by atoms with Crippen molar-refractivity contribution in [1.29, 1.82) is 0 Å². The highest BCUT2D eigenvalue weighted by Crippen LogP contribution is 2.25. The van der Waals surface area contributed by atoms with Gasteiger partial charge in [0.2, 0.25) is 0 Å². The summed E-state index contributed by atoms with van der Waals surface area (Å²) in [4.78, 5) is 4.08. The summed E-state index contributed by atoms with van der Waals surface area (Å²) in [5.74, 6) is 1.43. The van der Waals surface area contributed by atoms with Gasteiger partial charge in [-0.2, -0.15) is 5.10 Å². The van der Waals surface area contributed by atoms with E-state index in [9.17, 15) is 5.11 Å². The van der Waals surface area contributed by atoms with Crippen molar-refractivity contribution in [3.63, 3.8) is 0 Å². The standard InChI is InChI=1S/C14H18ClN3O2/c1-14(2,7-13-16-9-17-18-13)12(19)8-20-11-5-3-10(15)4-6-11/h3-6,9,12,19H,7-8H2,1-2H3,(H,16,17,18). The lowest BCUT2D eigenvalue weighted by molar-refractivity contribution is 0.0109. The molecule has 0 amide bonds. The van der Waals surface area contributed by atoms with Crippen molar-refractivity contribution in [2.45, 2.75) is 26.4 Å². The molecule has 2 aromatic rings. The largest absolute Gasteiger partial charge is 0.491 e. The number of hydrogen-bond acceptors (Lipinski definition) is 4. The summed E-state index contributed by atoms with van der Waals surface area (Å²) in [6.07, 6.45) is 1.43. The number of ether oxygens (including phenoxy) is 1. The normalized spacial score (nSPS) is 13.2. The second-order valence-corrected chi connectivity index (χ2v) is 5.81. The van der Waals surface area contributed by atoms with Crippen LogP contribution in [0.15, 0.2) is 30.6 Å². The molecule has 0 fully saturated rings. The zero-order valence-corrected chi connectivity index (χ0v) is 12.3. The minimum absolute atomic E-state index is 0.211. The number of benzene rings is 1. The molecule has 2 N–H and O–H groups in total. The molecule has 108 valence electrons. The summed E-state index contributed by atoms with van der Waals surface area (Å²) < 4.78 is 5.57. The zero-order valence-electron chi connectivity index (χ0n) is 11.5. The number of halogens is 1. The highest BCUT2D eigenvalue weighted by atomic mass is 35.5. The van der Waals surface area contributed by atoms with Crippen LogP contribution in [-0.2, 0) is 6.42 Å². The Morgan fingerprint density at radius 2 is 2.05 bits per heavy atom. The van der Waals surface area contributed by atoms with Gasteiger partial charge in [0.1, 0.15) is 24.5 Å². The molecule has 2 rings (SSSR count). The van der Waals surface area contributed by atoms with Gasteiger partial charge in [0.15, 0.2) is 0 Å². The quantitative estimate of drug-likeness (QED) is 0.859. The average Bonchev–Trinajstić information content (AvgIpc) is 2.89. The molecule has 1 heterocycles. The zero-order chi connectivity index (χ0) is 14.6. The first-order chi connectivity index (χ1) is 9.47. The first-order valence-electron chi connectivity index (χ1n) is 6.38. The molecule has 20 heavy (non-hydrogen) atoms. The van der Waals surface area contributed by atoms with Gasteiger partial charge in [-0.15, -0.1) is 0 Å². The monoisotopic (exact) mass is 295 g/mol. The third-order valence-corrected chi connectivity index (χ3v) is 3.46. The molecule has 0 aliphatic carbocycles. The van der Waals surface area contributed by atoms with E-state index in [1.165, 1.54) is 6.33 Å². The molecule has 0 radical (unpaired) electrons. The van der Waals surface area contributed by atoms with Crippen LogP contribution in [0.2, 0.25) is 5.02 Å². The fourth-order valence-corrected chi connectivity index (χ4v) is 1.92.